The maximum absolute atomic E-state index is 12.7. The minimum absolute atomic E-state index is 0.0464. The Bertz CT molecular complexity index is 800. The van der Waals surface area contributed by atoms with Gasteiger partial charge in [0, 0.05) is 30.3 Å². The third kappa shape index (κ3) is 3.79. The second kappa shape index (κ2) is 7.73. The SMILES string of the molecule is Cc1ccccc1C(=O)N1CCC(C(=O)Nc2c(C)cccc2C)CC1. The van der Waals surface area contributed by atoms with Crippen LogP contribution in [-0.4, -0.2) is 29.8 Å². The molecule has 1 aliphatic rings. The minimum atomic E-state index is -0.0464. The average molecular weight is 350 g/mol. The highest BCUT2D eigenvalue weighted by molar-refractivity contribution is 5.96. The third-order valence-electron chi connectivity index (χ3n) is 5.26. The lowest BCUT2D eigenvalue weighted by atomic mass is 9.94. The summed E-state index contributed by atoms with van der Waals surface area (Å²) in [4.78, 5) is 27.2. The van der Waals surface area contributed by atoms with Crippen LogP contribution in [0.2, 0.25) is 0 Å². The van der Waals surface area contributed by atoms with E-state index in [1.807, 2.05) is 68.1 Å². The molecule has 1 N–H and O–H groups in total. The Morgan fingerprint density at radius 2 is 1.46 bits per heavy atom. The molecule has 0 aromatic heterocycles. The largest absolute Gasteiger partial charge is 0.339 e. The number of para-hydroxylation sites is 1. The molecule has 0 spiro atoms. The first-order valence-electron chi connectivity index (χ1n) is 9.19. The number of nitrogens with one attached hydrogen (secondary N) is 1. The van der Waals surface area contributed by atoms with E-state index in [-0.39, 0.29) is 17.7 Å². The van der Waals surface area contributed by atoms with Gasteiger partial charge in [-0.1, -0.05) is 36.4 Å². The fourth-order valence-electron chi connectivity index (χ4n) is 3.56. The molecule has 136 valence electrons. The molecule has 4 heteroatoms. The first kappa shape index (κ1) is 18.2. The highest BCUT2D eigenvalue weighted by Crippen LogP contribution is 2.24. The van der Waals surface area contributed by atoms with Crippen LogP contribution >= 0.6 is 0 Å². The van der Waals surface area contributed by atoms with Gasteiger partial charge in [-0.25, -0.2) is 0 Å². The van der Waals surface area contributed by atoms with Gasteiger partial charge in [0.25, 0.3) is 5.91 Å². The van der Waals surface area contributed by atoms with Crippen molar-refractivity contribution < 1.29 is 9.59 Å². The maximum Gasteiger partial charge on any atom is 0.254 e. The summed E-state index contributed by atoms with van der Waals surface area (Å²) in [6.45, 7) is 7.21. The molecule has 2 amide bonds. The third-order valence-corrected chi connectivity index (χ3v) is 5.26. The number of carbonyl (C=O) groups is 2. The predicted molar refractivity (Wildman–Crippen MR) is 104 cm³/mol. The van der Waals surface area contributed by atoms with Crippen molar-refractivity contribution in [3.05, 3.63) is 64.7 Å². The number of rotatable bonds is 3. The van der Waals surface area contributed by atoms with Gasteiger partial charge in [-0.3, -0.25) is 9.59 Å². The summed E-state index contributed by atoms with van der Waals surface area (Å²) in [6.07, 6.45) is 1.41. The number of benzene rings is 2. The van der Waals surface area contributed by atoms with Crippen LogP contribution < -0.4 is 5.32 Å². The summed E-state index contributed by atoms with van der Waals surface area (Å²) >= 11 is 0. The Hall–Kier alpha value is -2.62. The second-order valence-electron chi connectivity index (χ2n) is 7.14. The number of nitrogens with zero attached hydrogens (tertiary/aromatic N) is 1. The van der Waals surface area contributed by atoms with E-state index in [9.17, 15) is 9.59 Å². The molecular weight excluding hydrogens is 324 g/mol. The van der Waals surface area contributed by atoms with Crippen LogP contribution in [-0.2, 0) is 4.79 Å². The Morgan fingerprint density at radius 3 is 2.08 bits per heavy atom. The normalized spacial score (nSPS) is 15.0. The lowest BCUT2D eigenvalue weighted by Crippen LogP contribution is -2.41. The highest BCUT2D eigenvalue weighted by atomic mass is 16.2. The van der Waals surface area contributed by atoms with Crippen LogP contribution in [0, 0.1) is 26.7 Å². The molecule has 1 saturated heterocycles. The summed E-state index contributed by atoms with van der Waals surface area (Å²) in [5.74, 6) is 0.0806. The van der Waals surface area contributed by atoms with E-state index in [0.717, 1.165) is 27.9 Å². The van der Waals surface area contributed by atoms with E-state index >= 15 is 0 Å². The fourth-order valence-corrected chi connectivity index (χ4v) is 3.56. The van der Waals surface area contributed by atoms with Gasteiger partial charge < -0.3 is 10.2 Å². The van der Waals surface area contributed by atoms with Crippen molar-refractivity contribution in [3.63, 3.8) is 0 Å². The number of carbonyl (C=O) groups excluding carboxylic acids is 2. The quantitative estimate of drug-likeness (QED) is 0.906. The molecule has 4 nitrogen and oxygen atoms in total. The van der Waals surface area contributed by atoms with Crippen molar-refractivity contribution in [3.8, 4) is 0 Å². The van der Waals surface area contributed by atoms with Crippen molar-refractivity contribution in [1.82, 2.24) is 4.90 Å². The molecule has 2 aromatic carbocycles. The van der Waals surface area contributed by atoms with E-state index in [4.69, 9.17) is 0 Å². The van der Waals surface area contributed by atoms with Crippen LogP contribution in [0.1, 0.15) is 39.9 Å². The van der Waals surface area contributed by atoms with E-state index in [0.29, 0.717) is 25.9 Å². The molecule has 26 heavy (non-hydrogen) atoms. The van der Waals surface area contributed by atoms with Crippen LogP contribution in [0.15, 0.2) is 42.5 Å². The summed E-state index contributed by atoms with van der Waals surface area (Å²) < 4.78 is 0. The van der Waals surface area contributed by atoms with Crippen LogP contribution in [0.4, 0.5) is 5.69 Å². The number of piperidine rings is 1. The molecule has 3 rings (SSSR count). The lowest BCUT2D eigenvalue weighted by Gasteiger charge is -2.32. The summed E-state index contributed by atoms with van der Waals surface area (Å²) in [5.41, 5.74) is 4.81. The molecule has 1 heterocycles. The van der Waals surface area contributed by atoms with Gasteiger partial charge in [0.15, 0.2) is 0 Å². The summed E-state index contributed by atoms with van der Waals surface area (Å²) in [6, 6.07) is 13.7. The van der Waals surface area contributed by atoms with E-state index in [1.54, 1.807) is 0 Å². The molecule has 0 unspecified atom stereocenters. The zero-order chi connectivity index (χ0) is 18.7. The van der Waals surface area contributed by atoms with Crippen molar-refractivity contribution in [2.24, 2.45) is 5.92 Å². The topological polar surface area (TPSA) is 49.4 Å². The van der Waals surface area contributed by atoms with Crippen LogP contribution in [0.3, 0.4) is 0 Å². The molecule has 1 aliphatic heterocycles. The van der Waals surface area contributed by atoms with Crippen molar-refractivity contribution in [2.75, 3.05) is 18.4 Å². The van der Waals surface area contributed by atoms with Crippen LogP contribution in [0.5, 0.6) is 0 Å². The second-order valence-corrected chi connectivity index (χ2v) is 7.14. The van der Waals surface area contributed by atoms with Gasteiger partial charge in [-0.2, -0.15) is 0 Å². The van der Waals surface area contributed by atoms with Gasteiger partial charge in [-0.15, -0.1) is 0 Å². The first-order valence-corrected chi connectivity index (χ1v) is 9.19. The van der Waals surface area contributed by atoms with E-state index in [2.05, 4.69) is 5.32 Å². The molecule has 1 fully saturated rings. The lowest BCUT2D eigenvalue weighted by molar-refractivity contribution is -0.121. The molecular formula is C22H26N2O2. The smallest absolute Gasteiger partial charge is 0.254 e. The Labute approximate surface area is 155 Å². The van der Waals surface area contributed by atoms with E-state index < -0.39 is 0 Å². The number of aryl methyl sites for hydroxylation is 3. The number of hydrogen-bond acceptors (Lipinski definition) is 2. The number of anilines is 1. The monoisotopic (exact) mass is 350 g/mol. The average Bonchev–Trinajstić information content (AvgIpc) is 2.65. The summed E-state index contributed by atoms with van der Waals surface area (Å²) in [5, 5.41) is 3.09. The molecule has 0 bridgehead atoms. The molecule has 2 aromatic rings. The van der Waals surface area contributed by atoms with Gasteiger partial charge in [-0.05, 0) is 56.4 Å². The first-order chi connectivity index (χ1) is 12.5. The van der Waals surface area contributed by atoms with Gasteiger partial charge in [0.05, 0.1) is 0 Å². The zero-order valence-corrected chi connectivity index (χ0v) is 15.7. The molecule has 0 saturated carbocycles. The fraction of sp³-hybridized carbons (Fsp3) is 0.364. The Kier molecular flexibility index (Phi) is 5.40. The predicted octanol–water partition coefficient (Wildman–Crippen LogP) is 4.10. The highest BCUT2D eigenvalue weighted by Gasteiger charge is 2.28. The Morgan fingerprint density at radius 1 is 0.885 bits per heavy atom. The Balaban J connectivity index is 1.61. The molecule has 0 atom stereocenters. The van der Waals surface area contributed by atoms with E-state index in [1.165, 1.54) is 0 Å². The van der Waals surface area contributed by atoms with Crippen molar-refractivity contribution in [2.45, 2.75) is 33.6 Å². The number of likely N-dealkylation sites (tertiary alicyclic amines) is 1. The molecule has 0 aliphatic carbocycles. The minimum Gasteiger partial charge on any atom is -0.339 e. The van der Waals surface area contributed by atoms with Gasteiger partial charge in [0.2, 0.25) is 5.91 Å². The van der Waals surface area contributed by atoms with Crippen LogP contribution in [0.25, 0.3) is 0 Å². The molecule has 0 radical (unpaired) electrons. The summed E-state index contributed by atoms with van der Waals surface area (Å²) in [7, 11) is 0. The standard InChI is InChI=1S/C22H26N2O2/c1-15-7-4-5-10-19(15)22(26)24-13-11-18(12-14-24)21(25)23-20-16(2)8-6-9-17(20)3/h4-10,18H,11-14H2,1-3H3,(H,23,25). The van der Waals surface area contributed by atoms with Gasteiger partial charge >= 0.3 is 0 Å². The van der Waals surface area contributed by atoms with Gasteiger partial charge in [0.1, 0.15) is 0 Å². The van der Waals surface area contributed by atoms with Crippen molar-refractivity contribution >= 4 is 17.5 Å². The number of amides is 2. The number of hydrogen-bond donors (Lipinski definition) is 1. The van der Waals surface area contributed by atoms with Crippen molar-refractivity contribution in [1.29, 1.82) is 0 Å². The maximum atomic E-state index is 12.7. The zero-order valence-electron chi connectivity index (χ0n) is 15.7.